The molecule has 0 aliphatic rings. The quantitative estimate of drug-likeness (QED) is 0.366. The van der Waals surface area contributed by atoms with E-state index in [9.17, 15) is 17.6 Å². The fourth-order valence-corrected chi connectivity index (χ4v) is 3.09. The number of hydrogen-bond acceptors (Lipinski definition) is 3. The second-order valence-corrected chi connectivity index (χ2v) is 6.29. The van der Waals surface area contributed by atoms with Crippen LogP contribution in [0.4, 0.5) is 17.6 Å². The number of halogens is 4. The molecule has 0 aromatic heterocycles. The molecule has 0 heterocycles. The minimum Gasteiger partial charge on any atom is -0.503 e. The first kappa shape index (κ1) is 15.5. The topological polar surface area (TPSA) is 20.2 Å². The van der Waals surface area contributed by atoms with Gasteiger partial charge >= 0.3 is 0 Å². The van der Waals surface area contributed by atoms with Crippen LogP contribution in [-0.4, -0.2) is 16.6 Å². The molecule has 0 bridgehead atoms. The van der Waals surface area contributed by atoms with Gasteiger partial charge in [0.05, 0.1) is 0 Å². The fourth-order valence-electron chi connectivity index (χ4n) is 1.34. The van der Waals surface area contributed by atoms with E-state index in [4.69, 9.17) is 5.11 Å². The zero-order valence-electron chi connectivity index (χ0n) is 9.60. The number of phenols is 1. The van der Waals surface area contributed by atoms with E-state index in [2.05, 4.69) is 0 Å². The predicted molar refractivity (Wildman–Crippen MR) is 66.8 cm³/mol. The van der Waals surface area contributed by atoms with Crippen LogP contribution < -0.4 is 0 Å². The van der Waals surface area contributed by atoms with Crippen LogP contribution in [0.15, 0.2) is 0 Å². The standard InChI is InChI=1S/C11H12F4OS2/c1-2-17-18-5-3-4-6-7(12)9(14)11(16)10(15)8(6)13/h16H,2-5H2,1H3. The van der Waals surface area contributed by atoms with Crippen molar-refractivity contribution in [1.29, 1.82) is 0 Å². The SMILES string of the molecule is CCSSCCCc1c(F)c(F)c(O)c(F)c1F. The molecule has 1 nitrogen and oxygen atoms in total. The molecule has 1 aromatic rings. The van der Waals surface area contributed by atoms with Crippen LogP contribution >= 0.6 is 21.6 Å². The van der Waals surface area contributed by atoms with Gasteiger partial charge in [-0.25, -0.2) is 8.78 Å². The lowest BCUT2D eigenvalue weighted by molar-refractivity contribution is 0.351. The number of rotatable bonds is 6. The Labute approximate surface area is 110 Å². The molecule has 0 amide bonds. The summed E-state index contributed by atoms with van der Waals surface area (Å²) in [6.45, 7) is 1.97. The van der Waals surface area contributed by atoms with Gasteiger partial charge in [-0.1, -0.05) is 28.5 Å². The third-order valence-electron chi connectivity index (χ3n) is 2.19. The highest BCUT2D eigenvalue weighted by molar-refractivity contribution is 8.76. The van der Waals surface area contributed by atoms with Crippen molar-refractivity contribution in [3.05, 3.63) is 28.8 Å². The Morgan fingerprint density at radius 1 is 0.944 bits per heavy atom. The second-order valence-electron chi connectivity index (χ2n) is 3.42. The average molecular weight is 300 g/mol. The van der Waals surface area contributed by atoms with Crippen molar-refractivity contribution in [1.82, 2.24) is 0 Å². The van der Waals surface area contributed by atoms with Crippen molar-refractivity contribution in [2.24, 2.45) is 0 Å². The molecule has 1 rings (SSSR count). The van der Waals surface area contributed by atoms with Gasteiger partial charge in [0.2, 0.25) is 11.6 Å². The molecule has 0 radical (unpaired) electrons. The van der Waals surface area contributed by atoms with Crippen molar-refractivity contribution in [3.8, 4) is 5.75 Å². The minimum atomic E-state index is -1.74. The second kappa shape index (κ2) is 7.13. The molecule has 0 aliphatic carbocycles. The van der Waals surface area contributed by atoms with Gasteiger partial charge in [-0.2, -0.15) is 8.78 Å². The Bertz CT molecular complexity index is 397. The van der Waals surface area contributed by atoms with Gasteiger partial charge in [0.1, 0.15) is 0 Å². The fraction of sp³-hybridized carbons (Fsp3) is 0.455. The Morgan fingerprint density at radius 2 is 1.50 bits per heavy atom. The van der Waals surface area contributed by atoms with Crippen LogP contribution in [0.2, 0.25) is 0 Å². The summed E-state index contributed by atoms with van der Waals surface area (Å²) < 4.78 is 52.7. The van der Waals surface area contributed by atoms with Crippen LogP contribution in [0.1, 0.15) is 18.9 Å². The molecule has 1 aromatic carbocycles. The van der Waals surface area contributed by atoms with Gasteiger partial charge in [0.25, 0.3) is 0 Å². The van der Waals surface area contributed by atoms with Crippen molar-refractivity contribution in [3.63, 3.8) is 0 Å². The first-order chi connectivity index (χ1) is 8.50. The number of aromatic hydroxyl groups is 1. The highest BCUT2D eigenvalue weighted by Gasteiger charge is 2.24. The maximum Gasteiger partial charge on any atom is 0.203 e. The van der Waals surface area contributed by atoms with E-state index in [-0.39, 0.29) is 6.42 Å². The van der Waals surface area contributed by atoms with Crippen molar-refractivity contribution in [2.45, 2.75) is 19.8 Å². The molecule has 0 spiro atoms. The lowest BCUT2D eigenvalue weighted by Crippen LogP contribution is -2.04. The van der Waals surface area contributed by atoms with E-state index in [0.717, 1.165) is 5.75 Å². The van der Waals surface area contributed by atoms with Crippen LogP contribution in [0.3, 0.4) is 0 Å². The summed E-state index contributed by atoms with van der Waals surface area (Å²) in [4.78, 5) is 0. The summed E-state index contributed by atoms with van der Waals surface area (Å²) in [7, 11) is 3.13. The molecule has 0 atom stereocenters. The smallest absolute Gasteiger partial charge is 0.203 e. The summed E-state index contributed by atoms with van der Waals surface area (Å²) >= 11 is 0. The monoisotopic (exact) mass is 300 g/mol. The molecule has 0 saturated heterocycles. The molecule has 1 N–H and O–H groups in total. The van der Waals surface area contributed by atoms with Gasteiger partial charge in [-0.3, -0.25) is 0 Å². The van der Waals surface area contributed by atoms with Gasteiger partial charge < -0.3 is 5.11 Å². The van der Waals surface area contributed by atoms with Crippen LogP contribution in [0.25, 0.3) is 0 Å². The van der Waals surface area contributed by atoms with Gasteiger partial charge in [0, 0.05) is 17.1 Å². The predicted octanol–water partition coefficient (Wildman–Crippen LogP) is 4.28. The van der Waals surface area contributed by atoms with Gasteiger partial charge in [-0.15, -0.1) is 0 Å². The minimum absolute atomic E-state index is 0.108. The molecular formula is C11H12F4OS2. The highest BCUT2D eigenvalue weighted by Crippen LogP contribution is 2.30. The van der Waals surface area contributed by atoms with Gasteiger partial charge in [0.15, 0.2) is 17.4 Å². The van der Waals surface area contributed by atoms with Crippen molar-refractivity contribution in [2.75, 3.05) is 11.5 Å². The first-order valence-electron chi connectivity index (χ1n) is 5.28. The van der Waals surface area contributed by atoms with E-state index in [1.807, 2.05) is 6.92 Å². The summed E-state index contributed by atoms with van der Waals surface area (Å²) in [6, 6.07) is 0. The summed E-state index contributed by atoms with van der Waals surface area (Å²) in [5.74, 6) is -6.57. The maximum absolute atomic E-state index is 13.3. The molecule has 0 aliphatic heterocycles. The highest BCUT2D eigenvalue weighted by atomic mass is 33.1. The lowest BCUT2D eigenvalue weighted by Gasteiger charge is -2.08. The van der Waals surface area contributed by atoms with Crippen molar-refractivity contribution < 1.29 is 22.7 Å². The zero-order valence-corrected chi connectivity index (χ0v) is 11.2. The van der Waals surface area contributed by atoms with Crippen molar-refractivity contribution >= 4 is 21.6 Å². The van der Waals surface area contributed by atoms with E-state index < -0.39 is 34.6 Å². The summed E-state index contributed by atoms with van der Waals surface area (Å²) in [6.07, 6.45) is 0.290. The molecule has 0 saturated carbocycles. The largest absolute Gasteiger partial charge is 0.503 e. The molecule has 18 heavy (non-hydrogen) atoms. The molecule has 0 fully saturated rings. The number of benzene rings is 1. The molecule has 102 valence electrons. The van der Waals surface area contributed by atoms with E-state index in [1.165, 1.54) is 10.8 Å². The Balaban J connectivity index is 2.77. The van der Waals surface area contributed by atoms with Gasteiger partial charge in [-0.05, 0) is 12.8 Å². The van der Waals surface area contributed by atoms with Crippen LogP contribution in [0.5, 0.6) is 5.75 Å². The average Bonchev–Trinajstić information content (AvgIpc) is 2.37. The van der Waals surface area contributed by atoms with Crippen LogP contribution in [-0.2, 0) is 6.42 Å². The molecular weight excluding hydrogens is 288 g/mol. The third kappa shape index (κ3) is 3.47. The Morgan fingerprint density at radius 3 is 2.00 bits per heavy atom. The lowest BCUT2D eigenvalue weighted by atomic mass is 10.1. The zero-order chi connectivity index (χ0) is 13.7. The number of phenolic OH excluding ortho intramolecular Hbond substituents is 1. The normalized spacial score (nSPS) is 10.9. The number of hydrogen-bond donors (Lipinski definition) is 1. The van der Waals surface area contributed by atoms with E-state index in [0.29, 0.717) is 12.2 Å². The Kier molecular flexibility index (Phi) is 6.14. The van der Waals surface area contributed by atoms with E-state index >= 15 is 0 Å². The third-order valence-corrected chi connectivity index (χ3v) is 4.75. The molecule has 7 heteroatoms. The summed E-state index contributed by atoms with van der Waals surface area (Å²) in [5.41, 5.74) is -0.648. The Hall–Kier alpha value is -0.560. The van der Waals surface area contributed by atoms with E-state index in [1.54, 1.807) is 10.8 Å². The van der Waals surface area contributed by atoms with Crippen LogP contribution in [0, 0.1) is 23.3 Å². The maximum atomic E-state index is 13.3. The summed E-state index contributed by atoms with van der Waals surface area (Å²) in [5, 5.41) is 8.80. The first-order valence-corrected chi connectivity index (χ1v) is 7.77. The molecule has 0 unspecified atom stereocenters.